The van der Waals surface area contributed by atoms with Gasteiger partial charge in [0, 0.05) is 50.2 Å². The lowest BCUT2D eigenvalue weighted by molar-refractivity contribution is -0.0651. The van der Waals surface area contributed by atoms with Gasteiger partial charge >= 0.3 is 0 Å². The van der Waals surface area contributed by atoms with Gasteiger partial charge in [-0.15, -0.1) is 5.10 Å². The van der Waals surface area contributed by atoms with Gasteiger partial charge in [0.1, 0.15) is 5.69 Å². The summed E-state index contributed by atoms with van der Waals surface area (Å²) in [5.41, 5.74) is 1.80. The summed E-state index contributed by atoms with van der Waals surface area (Å²) in [4.78, 5) is 5.02. The van der Waals surface area contributed by atoms with Gasteiger partial charge in [-0.1, -0.05) is 54.1 Å². The Morgan fingerprint density at radius 3 is 2.72 bits per heavy atom. The zero-order valence-electron chi connectivity index (χ0n) is 18.9. The standard InChI is InChI=1S/C25H35N5O2/c31-24-23(30-19-22(26-27-30)21-7-2-1-3-8-21)9-6-11-25(24)10-4-5-12-29(20-25)14-13-28-15-17-32-18-16-28/h1-5,7-8,19,23-24,31H,6,9-18,20H2/t23-,24+,25+/m1/s1. The maximum absolute atomic E-state index is 11.7. The van der Waals surface area contributed by atoms with Crippen molar-refractivity contribution in [3.8, 4) is 11.3 Å². The molecule has 172 valence electrons. The molecular formula is C25H35N5O2. The Kier molecular flexibility index (Phi) is 6.69. The summed E-state index contributed by atoms with van der Waals surface area (Å²) >= 11 is 0. The number of aromatic nitrogens is 3. The predicted molar refractivity (Wildman–Crippen MR) is 124 cm³/mol. The summed E-state index contributed by atoms with van der Waals surface area (Å²) in [5, 5.41) is 20.5. The number of hydrogen-bond donors (Lipinski definition) is 1. The fourth-order valence-electron chi connectivity index (χ4n) is 5.62. The first-order chi connectivity index (χ1) is 15.7. The van der Waals surface area contributed by atoms with E-state index in [1.165, 1.54) is 0 Å². The van der Waals surface area contributed by atoms with Gasteiger partial charge < -0.3 is 9.84 Å². The lowest BCUT2D eigenvalue weighted by atomic mass is 9.67. The molecule has 0 bridgehead atoms. The maximum atomic E-state index is 11.7. The lowest BCUT2D eigenvalue weighted by Crippen LogP contribution is -2.51. The van der Waals surface area contributed by atoms with Crippen molar-refractivity contribution in [2.45, 2.75) is 37.8 Å². The zero-order chi connectivity index (χ0) is 21.8. The van der Waals surface area contributed by atoms with Crippen LogP contribution in [0.3, 0.4) is 0 Å². The van der Waals surface area contributed by atoms with Gasteiger partial charge in [0.2, 0.25) is 0 Å². The third-order valence-electron chi connectivity index (χ3n) is 7.52. The highest BCUT2D eigenvalue weighted by Crippen LogP contribution is 2.46. The van der Waals surface area contributed by atoms with Gasteiger partial charge in [0.25, 0.3) is 0 Å². The zero-order valence-corrected chi connectivity index (χ0v) is 18.9. The van der Waals surface area contributed by atoms with Crippen LogP contribution >= 0.6 is 0 Å². The number of allylic oxidation sites excluding steroid dienone is 1. The molecule has 7 heteroatoms. The van der Waals surface area contributed by atoms with E-state index in [-0.39, 0.29) is 11.5 Å². The molecule has 2 fully saturated rings. The first-order valence-corrected chi connectivity index (χ1v) is 12.1. The number of nitrogens with zero attached hydrogens (tertiary/aromatic N) is 5. The molecule has 1 aromatic carbocycles. The van der Waals surface area contributed by atoms with Crippen LogP contribution in [-0.4, -0.2) is 88.5 Å². The van der Waals surface area contributed by atoms with Crippen LogP contribution in [0.5, 0.6) is 0 Å². The minimum absolute atomic E-state index is 0.0266. The van der Waals surface area contributed by atoms with Crippen LogP contribution in [0.4, 0.5) is 0 Å². The van der Waals surface area contributed by atoms with Crippen LogP contribution in [0.15, 0.2) is 48.7 Å². The molecular weight excluding hydrogens is 402 g/mol. The van der Waals surface area contributed by atoms with E-state index in [9.17, 15) is 5.11 Å². The Morgan fingerprint density at radius 1 is 1.06 bits per heavy atom. The molecule has 1 spiro atoms. The number of rotatable bonds is 5. The highest BCUT2D eigenvalue weighted by Gasteiger charge is 2.46. The summed E-state index contributed by atoms with van der Waals surface area (Å²) in [5.74, 6) is 0. The Hall–Kier alpha value is -2.06. The van der Waals surface area contributed by atoms with E-state index < -0.39 is 6.10 Å². The second-order valence-corrected chi connectivity index (χ2v) is 9.58. The van der Waals surface area contributed by atoms with Gasteiger partial charge in [-0.25, -0.2) is 4.68 Å². The monoisotopic (exact) mass is 437 g/mol. The van der Waals surface area contributed by atoms with E-state index in [2.05, 4.69) is 44.4 Å². The normalized spacial score (nSPS) is 29.9. The number of benzene rings is 1. The quantitative estimate of drug-likeness (QED) is 0.726. The van der Waals surface area contributed by atoms with E-state index >= 15 is 0 Å². The maximum Gasteiger partial charge on any atom is 0.113 e. The average molecular weight is 438 g/mol. The molecule has 3 heterocycles. The number of morpholine rings is 1. The van der Waals surface area contributed by atoms with Crippen LogP contribution in [-0.2, 0) is 4.74 Å². The molecule has 0 unspecified atom stereocenters. The second-order valence-electron chi connectivity index (χ2n) is 9.58. The second kappa shape index (κ2) is 9.83. The van der Waals surface area contributed by atoms with E-state index in [1.54, 1.807) is 0 Å². The molecule has 1 aromatic heterocycles. The average Bonchev–Trinajstić information content (AvgIpc) is 3.24. The Bertz CT molecular complexity index is 895. The predicted octanol–water partition coefficient (Wildman–Crippen LogP) is 2.61. The van der Waals surface area contributed by atoms with E-state index in [0.29, 0.717) is 0 Å². The summed E-state index contributed by atoms with van der Waals surface area (Å²) in [6, 6.07) is 10.1. The molecule has 0 radical (unpaired) electrons. The Morgan fingerprint density at radius 2 is 1.88 bits per heavy atom. The van der Waals surface area contributed by atoms with Crippen LogP contribution in [0.25, 0.3) is 11.3 Å². The number of aliphatic hydroxyl groups is 1. The third-order valence-corrected chi connectivity index (χ3v) is 7.52. The smallest absolute Gasteiger partial charge is 0.113 e. The van der Waals surface area contributed by atoms with Crippen LogP contribution < -0.4 is 0 Å². The molecule has 7 nitrogen and oxygen atoms in total. The van der Waals surface area contributed by atoms with E-state index in [4.69, 9.17) is 4.74 Å². The van der Waals surface area contributed by atoms with Gasteiger partial charge in [-0.05, 0) is 19.3 Å². The van der Waals surface area contributed by atoms with E-state index in [0.717, 1.165) is 89.4 Å². The summed E-state index contributed by atoms with van der Waals surface area (Å²) in [6.45, 7) is 7.72. The SMILES string of the molecule is O[C@H]1[C@H](n2cc(-c3ccccc3)nn2)CCC[C@]12CC=CCN(CCN1CCOCC1)C2. The van der Waals surface area contributed by atoms with Crippen molar-refractivity contribution in [3.63, 3.8) is 0 Å². The first kappa shape index (κ1) is 21.8. The number of hydrogen-bond acceptors (Lipinski definition) is 6. The van der Waals surface area contributed by atoms with Crippen molar-refractivity contribution >= 4 is 0 Å². The van der Waals surface area contributed by atoms with Gasteiger partial charge in [0.15, 0.2) is 0 Å². The van der Waals surface area contributed by atoms with Crippen molar-refractivity contribution < 1.29 is 9.84 Å². The Balaban J connectivity index is 1.29. The molecule has 3 atom stereocenters. The number of ether oxygens (including phenoxy) is 1. The summed E-state index contributed by atoms with van der Waals surface area (Å²) in [6.07, 6.45) is 10.2. The van der Waals surface area contributed by atoms with Crippen LogP contribution in [0.2, 0.25) is 0 Å². The van der Waals surface area contributed by atoms with Crippen LogP contribution in [0.1, 0.15) is 31.7 Å². The van der Waals surface area contributed by atoms with Crippen molar-refractivity contribution in [2.24, 2.45) is 5.41 Å². The molecule has 1 saturated carbocycles. The Labute approximate surface area is 190 Å². The minimum Gasteiger partial charge on any atom is -0.390 e. The van der Waals surface area contributed by atoms with Crippen molar-refractivity contribution in [2.75, 3.05) is 52.5 Å². The van der Waals surface area contributed by atoms with Crippen molar-refractivity contribution in [1.29, 1.82) is 0 Å². The fourth-order valence-corrected chi connectivity index (χ4v) is 5.62. The molecule has 1 saturated heterocycles. The molecule has 2 aliphatic heterocycles. The first-order valence-electron chi connectivity index (χ1n) is 12.1. The van der Waals surface area contributed by atoms with Gasteiger partial charge in [-0.3, -0.25) is 9.80 Å². The topological polar surface area (TPSA) is 66.7 Å². The van der Waals surface area contributed by atoms with Crippen LogP contribution in [0, 0.1) is 5.41 Å². The lowest BCUT2D eigenvalue weighted by Gasteiger charge is -2.46. The summed E-state index contributed by atoms with van der Waals surface area (Å²) < 4.78 is 7.40. The minimum atomic E-state index is -0.435. The summed E-state index contributed by atoms with van der Waals surface area (Å²) in [7, 11) is 0. The third kappa shape index (κ3) is 4.66. The van der Waals surface area contributed by atoms with Crippen molar-refractivity contribution in [3.05, 3.63) is 48.7 Å². The molecule has 2 aromatic rings. The van der Waals surface area contributed by atoms with Crippen molar-refractivity contribution in [1.82, 2.24) is 24.8 Å². The van der Waals surface area contributed by atoms with Gasteiger partial charge in [0.05, 0.1) is 31.6 Å². The molecule has 1 aliphatic carbocycles. The fraction of sp³-hybridized carbons (Fsp3) is 0.600. The largest absolute Gasteiger partial charge is 0.390 e. The highest BCUT2D eigenvalue weighted by molar-refractivity contribution is 5.57. The molecule has 5 rings (SSSR count). The molecule has 1 N–H and O–H groups in total. The molecule has 0 amide bonds. The van der Waals surface area contributed by atoms with Gasteiger partial charge in [-0.2, -0.15) is 0 Å². The van der Waals surface area contributed by atoms with E-state index in [1.807, 2.05) is 29.1 Å². The molecule has 32 heavy (non-hydrogen) atoms. The highest BCUT2D eigenvalue weighted by atomic mass is 16.5. The molecule has 3 aliphatic rings. The number of aliphatic hydroxyl groups excluding tert-OH is 1.